The highest BCUT2D eigenvalue weighted by Gasteiger charge is 2.22. The van der Waals surface area contributed by atoms with E-state index in [0.29, 0.717) is 42.8 Å². The Morgan fingerprint density at radius 3 is 2.59 bits per heavy atom. The first kappa shape index (κ1) is 19.3. The Balaban J connectivity index is 1.59. The van der Waals surface area contributed by atoms with Crippen LogP contribution in [0, 0.1) is 0 Å². The van der Waals surface area contributed by atoms with Crippen molar-refractivity contribution in [3.8, 4) is 5.75 Å². The average molecular weight is 391 g/mol. The molecule has 7 nitrogen and oxygen atoms in total. The van der Waals surface area contributed by atoms with Gasteiger partial charge in [0.05, 0.1) is 17.3 Å². The van der Waals surface area contributed by atoms with Crippen molar-refractivity contribution in [1.82, 2.24) is 9.88 Å². The molecule has 0 radical (unpaired) electrons. The number of nitrogens with zero attached hydrogens (tertiary/aromatic N) is 3. The van der Waals surface area contributed by atoms with Crippen LogP contribution in [0.15, 0.2) is 42.7 Å². The van der Waals surface area contributed by atoms with E-state index in [0.717, 1.165) is 18.8 Å². The van der Waals surface area contributed by atoms with Crippen molar-refractivity contribution in [3.05, 3.63) is 47.7 Å². The first-order chi connectivity index (χ1) is 13.2. The molecule has 3 rings (SSSR count). The van der Waals surface area contributed by atoms with Crippen LogP contribution in [-0.2, 0) is 4.74 Å². The number of para-hydroxylation sites is 1. The molecule has 2 heterocycles. The van der Waals surface area contributed by atoms with Gasteiger partial charge in [-0.05, 0) is 24.3 Å². The van der Waals surface area contributed by atoms with E-state index in [2.05, 4.69) is 15.2 Å². The third-order valence-electron chi connectivity index (χ3n) is 4.34. The molecule has 1 N–H and O–H groups in total. The molecule has 27 heavy (non-hydrogen) atoms. The number of hydrogen-bond donors (Lipinski definition) is 1. The Labute approximate surface area is 163 Å². The van der Waals surface area contributed by atoms with Crippen LogP contribution < -0.4 is 15.0 Å². The molecule has 1 aromatic heterocycles. The summed E-state index contributed by atoms with van der Waals surface area (Å²) in [5, 5.41) is 3.36. The molecule has 1 saturated heterocycles. The van der Waals surface area contributed by atoms with Crippen LogP contribution in [0.4, 0.5) is 16.2 Å². The van der Waals surface area contributed by atoms with Gasteiger partial charge in [0.15, 0.2) is 5.75 Å². The summed E-state index contributed by atoms with van der Waals surface area (Å²) in [5.41, 5.74) is 1.67. The van der Waals surface area contributed by atoms with Gasteiger partial charge in [0.1, 0.15) is 6.61 Å². The second kappa shape index (κ2) is 9.43. The average Bonchev–Trinajstić information content (AvgIpc) is 2.71. The molecule has 0 aliphatic carbocycles. The number of benzene rings is 1. The minimum atomic E-state index is -0.164. The van der Waals surface area contributed by atoms with Gasteiger partial charge in [-0.15, -0.1) is 0 Å². The predicted octanol–water partition coefficient (Wildman–Crippen LogP) is 3.11. The van der Waals surface area contributed by atoms with Crippen molar-refractivity contribution >= 4 is 29.0 Å². The highest BCUT2D eigenvalue weighted by atomic mass is 35.5. The molecule has 0 spiro atoms. The summed E-state index contributed by atoms with van der Waals surface area (Å²) in [6.45, 7) is 3.60. The monoisotopic (exact) mass is 390 g/mol. The zero-order chi connectivity index (χ0) is 19.1. The second-order valence-electron chi connectivity index (χ2n) is 6.07. The zero-order valence-electron chi connectivity index (χ0n) is 15.2. The number of anilines is 2. The van der Waals surface area contributed by atoms with E-state index in [1.54, 1.807) is 42.6 Å². The fraction of sp³-hybridized carbons (Fsp3) is 0.368. The van der Waals surface area contributed by atoms with Crippen LogP contribution in [0.25, 0.3) is 0 Å². The Bertz CT molecular complexity index is 752. The Morgan fingerprint density at radius 2 is 1.89 bits per heavy atom. The fourth-order valence-corrected chi connectivity index (χ4v) is 3.13. The standard InChI is InChI=1S/C19H23ClN4O3/c1-26-13-14-27-18-16(20)3-2-4-17(18)22-19(25)24-11-9-23(10-12-24)15-5-7-21-8-6-15/h2-8H,9-14H2,1H3,(H,22,25). The molecule has 144 valence electrons. The fourth-order valence-electron chi connectivity index (χ4n) is 2.90. The van der Waals surface area contributed by atoms with Crippen molar-refractivity contribution < 1.29 is 14.3 Å². The number of urea groups is 1. The van der Waals surface area contributed by atoms with Gasteiger partial charge in [0.2, 0.25) is 0 Å². The number of halogens is 1. The molecular weight excluding hydrogens is 368 g/mol. The van der Waals surface area contributed by atoms with Crippen LogP contribution >= 0.6 is 11.6 Å². The quantitative estimate of drug-likeness (QED) is 0.767. The maximum absolute atomic E-state index is 12.7. The van der Waals surface area contributed by atoms with Gasteiger partial charge in [-0.1, -0.05) is 17.7 Å². The minimum absolute atomic E-state index is 0.164. The number of piperazine rings is 1. The van der Waals surface area contributed by atoms with E-state index in [1.165, 1.54) is 0 Å². The number of nitrogens with one attached hydrogen (secondary N) is 1. The van der Waals surface area contributed by atoms with Gasteiger partial charge >= 0.3 is 6.03 Å². The van der Waals surface area contributed by atoms with Crippen molar-refractivity contribution in [2.45, 2.75) is 0 Å². The topological polar surface area (TPSA) is 66.9 Å². The van der Waals surface area contributed by atoms with Crippen molar-refractivity contribution in [1.29, 1.82) is 0 Å². The molecule has 0 bridgehead atoms. The lowest BCUT2D eigenvalue weighted by molar-refractivity contribution is 0.146. The van der Waals surface area contributed by atoms with Crippen molar-refractivity contribution in [2.75, 3.05) is 56.7 Å². The number of carbonyl (C=O) groups excluding carboxylic acids is 1. The summed E-state index contributed by atoms with van der Waals surface area (Å²) in [7, 11) is 1.60. The third kappa shape index (κ3) is 5.02. The summed E-state index contributed by atoms with van der Waals surface area (Å²) in [6, 6.07) is 9.08. The van der Waals surface area contributed by atoms with Gasteiger partial charge in [0, 0.05) is 51.4 Å². The van der Waals surface area contributed by atoms with Gasteiger partial charge < -0.3 is 24.6 Å². The molecular formula is C19H23ClN4O3. The summed E-state index contributed by atoms with van der Waals surface area (Å²) < 4.78 is 10.7. The van der Waals surface area contributed by atoms with E-state index in [1.807, 2.05) is 12.1 Å². The lowest BCUT2D eigenvalue weighted by Gasteiger charge is -2.36. The second-order valence-corrected chi connectivity index (χ2v) is 6.47. The van der Waals surface area contributed by atoms with Gasteiger partial charge in [-0.2, -0.15) is 0 Å². The number of hydrogen-bond acceptors (Lipinski definition) is 5. The largest absolute Gasteiger partial charge is 0.487 e. The van der Waals surface area contributed by atoms with Crippen LogP contribution in [0.1, 0.15) is 0 Å². The Hall–Kier alpha value is -2.51. The molecule has 1 aliphatic rings. The van der Waals surface area contributed by atoms with Gasteiger partial charge in [0.25, 0.3) is 0 Å². The molecule has 1 aliphatic heterocycles. The smallest absolute Gasteiger partial charge is 0.322 e. The van der Waals surface area contributed by atoms with E-state index in [4.69, 9.17) is 21.1 Å². The first-order valence-corrected chi connectivity index (χ1v) is 9.18. The molecule has 1 aromatic carbocycles. The molecule has 2 amide bonds. The molecule has 0 saturated carbocycles. The molecule has 8 heteroatoms. The number of methoxy groups -OCH3 is 1. The third-order valence-corrected chi connectivity index (χ3v) is 4.63. The Kier molecular flexibility index (Phi) is 6.73. The SMILES string of the molecule is COCCOc1c(Cl)cccc1NC(=O)N1CCN(c2ccncc2)CC1. The number of rotatable bonds is 6. The summed E-state index contributed by atoms with van der Waals surface area (Å²) in [4.78, 5) is 20.7. The van der Waals surface area contributed by atoms with E-state index in [9.17, 15) is 4.79 Å². The van der Waals surface area contributed by atoms with Crippen molar-refractivity contribution in [2.24, 2.45) is 0 Å². The summed E-state index contributed by atoms with van der Waals surface area (Å²) >= 11 is 6.22. The number of aromatic nitrogens is 1. The molecule has 0 atom stereocenters. The van der Waals surface area contributed by atoms with Gasteiger partial charge in [-0.25, -0.2) is 4.79 Å². The van der Waals surface area contributed by atoms with Gasteiger partial charge in [-0.3, -0.25) is 4.98 Å². The highest BCUT2D eigenvalue weighted by Crippen LogP contribution is 2.33. The lowest BCUT2D eigenvalue weighted by Crippen LogP contribution is -2.50. The molecule has 2 aromatic rings. The minimum Gasteiger partial charge on any atom is -0.487 e. The first-order valence-electron chi connectivity index (χ1n) is 8.80. The van der Waals surface area contributed by atoms with Crippen LogP contribution in [0.3, 0.4) is 0 Å². The number of ether oxygens (including phenoxy) is 2. The predicted molar refractivity (Wildman–Crippen MR) is 106 cm³/mol. The lowest BCUT2D eigenvalue weighted by atomic mass is 10.2. The van der Waals surface area contributed by atoms with Crippen LogP contribution in [0.2, 0.25) is 5.02 Å². The zero-order valence-corrected chi connectivity index (χ0v) is 16.0. The van der Waals surface area contributed by atoms with E-state index >= 15 is 0 Å². The number of carbonyl (C=O) groups is 1. The maximum atomic E-state index is 12.7. The molecule has 0 unspecified atom stereocenters. The maximum Gasteiger partial charge on any atom is 0.322 e. The Morgan fingerprint density at radius 1 is 1.15 bits per heavy atom. The van der Waals surface area contributed by atoms with Crippen LogP contribution in [-0.4, -0.2) is 62.4 Å². The normalized spacial score (nSPS) is 14.1. The van der Waals surface area contributed by atoms with Crippen LogP contribution in [0.5, 0.6) is 5.75 Å². The van der Waals surface area contributed by atoms with E-state index < -0.39 is 0 Å². The molecule has 1 fully saturated rings. The number of pyridine rings is 1. The van der Waals surface area contributed by atoms with E-state index in [-0.39, 0.29) is 6.03 Å². The highest BCUT2D eigenvalue weighted by molar-refractivity contribution is 6.32. The number of amides is 2. The summed E-state index contributed by atoms with van der Waals surface area (Å²) in [5.74, 6) is 0.458. The van der Waals surface area contributed by atoms with Crippen molar-refractivity contribution in [3.63, 3.8) is 0 Å². The summed E-state index contributed by atoms with van der Waals surface area (Å²) in [6.07, 6.45) is 3.55.